The Morgan fingerprint density at radius 3 is 2.95 bits per heavy atom. The van der Waals surface area contributed by atoms with E-state index in [-0.39, 0.29) is 5.82 Å². The van der Waals surface area contributed by atoms with Crippen LogP contribution in [0.3, 0.4) is 0 Å². The van der Waals surface area contributed by atoms with Crippen LogP contribution in [0.4, 0.5) is 11.6 Å². The Labute approximate surface area is 118 Å². The van der Waals surface area contributed by atoms with Gasteiger partial charge in [0.25, 0.3) is 4.96 Å². The summed E-state index contributed by atoms with van der Waals surface area (Å²) in [7, 11) is 0. The first kappa shape index (κ1) is 12.5. The molecule has 0 unspecified atom stereocenters. The molecule has 3 aromatic rings. The normalized spacial score (nSPS) is 10.8. The zero-order valence-electron chi connectivity index (χ0n) is 10.4. The second-order valence-corrected chi connectivity index (χ2v) is 5.00. The zero-order chi connectivity index (χ0) is 13.9. The van der Waals surface area contributed by atoms with Crippen LogP contribution in [-0.4, -0.2) is 25.8 Å². The largest absolute Gasteiger partial charge is 0.372 e. The van der Waals surface area contributed by atoms with Crippen LogP contribution in [0, 0.1) is 10.1 Å². The van der Waals surface area contributed by atoms with Gasteiger partial charge in [0.2, 0.25) is 5.82 Å². The molecule has 0 fully saturated rings. The summed E-state index contributed by atoms with van der Waals surface area (Å²) in [6.45, 7) is 0.579. The molecule has 0 bridgehead atoms. The molecule has 20 heavy (non-hydrogen) atoms. The van der Waals surface area contributed by atoms with E-state index in [9.17, 15) is 10.1 Å². The van der Waals surface area contributed by atoms with Crippen LogP contribution in [0.1, 0.15) is 5.56 Å². The fourth-order valence-electron chi connectivity index (χ4n) is 1.94. The summed E-state index contributed by atoms with van der Waals surface area (Å²) in [5.74, 6) is 0.298. The van der Waals surface area contributed by atoms with E-state index in [1.54, 1.807) is 24.0 Å². The highest BCUT2D eigenvalue weighted by atomic mass is 32.1. The lowest BCUT2D eigenvalue weighted by molar-refractivity contribution is -0.389. The third kappa shape index (κ3) is 2.32. The molecule has 102 valence electrons. The number of pyridine rings is 1. The van der Waals surface area contributed by atoms with Crippen LogP contribution >= 0.6 is 11.3 Å². The van der Waals surface area contributed by atoms with Gasteiger partial charge in [-0.05, 0) is 29.0 Å². The highest BCUT2D eigenvalue weighted by Crippen LogP contribution is 2.27. The predicted octanol–water partition coefficient (Wildman–Crippen LogP) is 2.35. The van der Waals surface area contributed by atoms with Gasteiger partial charge in [-0.15, -0.1) is 0 Å². The molecule has 0 atom stereocenters. The maximum absolute atomic E-state index is 11.1. The Kier molecular flexibility index (Phi) is 3.30. The van der Waals surface area contributed by atoms with Gasteiger partial charge < -0.3 is 15.4 Å². The topological polar surface area (TPSA) is 85.4 Å². The number of nitrogens with zero attached hydrogens (tertiary/aromatic N) is 4. The number of hydrogen-bond acceptors (Lipinski definition) is 6. The molecule has 0 amide bonds. The molecule has 3 heterocycles. The van der Waals surface area contributed by atoms with E-state index >= 15 is 0 Å². The van der Waals surface area contributed by atoms with Crippen LogP contribution in [0.5, 0.6) is 0 Å². The minimum absolute atomic E-state index is 0.0176. The van der Waals surface area contributed by atoms with Gasteiger partial charge in [0.1, 0.15) is 6.20 Å². The average Bonchev–Trinajstić information content (AvgIpc) is 2.99. The van der Waals surface area contributed by atoms with Crippen LogP contribution in [0.25, 0.3) is 4.96 Å². The van der Waals surface area contributed by atoms with Crippen molar-refractivity contribution in [1.29, 1.82) is 0 Å². The summed E-state index contributed by atoms with van der Waals surface area (Å²) in [4.78, 5) is 19.5. The van der Waals surface area contributed by atoms with Gasteiger partial charge >= 0.3 is 5.82 Å². The monoisotopic (exact) mass is 289 g/mol. The van der Waals surface area contributed by atoms with Crippen molar-refractivity contribution in [2.45, 2.75) is 6.42 Å². The van der Waals surface area contributed by atoms with Crippen LogP contribution in [0.15, 0.2) is 36.1 Å². The molecule has 0 aliphatic rings. The number of aromatic nitrogens is 3. The molecule has 0 aliphatic heterocycles. The zero-order valence-corrected chi connectivity index (χ0v) is 11.2. The SMILES string of the molecule is O=[N+]([O-])c1c(NCCc2ccncc2)nc2sccn12. The van der Waals surface area contributed by atoms with Crippen molar-refractivity contribution < 1.29 is 4.92 Å². The minimum atomic E-state index is -0.415. The smallest absolute Gasteiger partial charge is 0.363 e. The van der Waals surface area contributed by atoms with Crippen molar-refractivity contribution in [2.75, 3.05) is 11.9 Å². The Morgan fingerprint density at radius 1 is 1.40 bits per heavy atom. The van der Waals surface area contributed by atoms with Crippen LogP contribution in [-0.2, 0) is 6.42 Å². The summed E-state index contributed by atoms with van der Waals surface area (Å²) in [6, 6.07) is 3.84. The van der Waals surface area contributed by atoms with E-state index in [0.717, 1.165) is 12.0 Å². The van der Waals surface area contributed by atoms with Crippen LogP contribution < -0.4 is 5.32 Å². The molecule has 8 heteroatoms. The molecular weight excluding hydrogens is 278 g/mol. The number of anilines is 1. The van der Waals surface area contributed by atoms with Gasteiger partial charge in [0, 0.05) is 24.3 Å². The quantitative estimate of drug-likeness (QED) is 0.575. The Hall–Kier alpha value is -2.48. The van der Waals surface area contributed by atoms with Gasteiger partial charge in [-0.2, -0.15) is 9.38 Å². The van der Waals surface area contributed by atoms with E-state index in [1.165, 1.54) is 15.7 Å². The lowest BCUT2D eigenvalue weighted by Crippen LogP contribution is -2.07. The maximum atomic E-state index is 11.1. The van der Waals surface area contributed by atoms with E-state index in [4.69, 9.17) is 0 Å². The van der Waals surface area contributed by atoms with Crippen LogP contribution in [0.2, 0.25) is 0 Å². The molecule has 0 aliphatic carbocycles. The number of imidazole rings is 1. The van der Waals surface area contributed by atoms with E-state index in [0.29, 0.717) is 17.3 Å². The second-order valence-electron chi connectivity index (χ2n) is 4.13. The molecule has 3 rings (SSSR count). The van der Waals surface area contributed by atoms with Gasteiger partial charge in [-0.25, -0.2) is 0 Å². The summed E-state index contributed by atoms with van der Waals surface area (Å²) < 4.78 is 1.49. The number of thiazole rings is 1. The van der Waals surface area contributed by atoms with E-state index in [1.807, 2.05) is 12.1 Å². The standard InChI is InChI=1S/C12H11N5O2S/c18-17(19)11-10(15-12-16(11)7-8-20-12)14-6-3-9-1-4-13-5-2-9/h1-2,4-5,7-8,14H,3,6H2. The van der Waals surface area contributed by atoms with Crippen molar-refractivity contribution in [3.63, 3.8) is 0 Å². The molecule has 0 saturated carbocycles. The van der Waals surface area contributed by atoms with Crippen molar-refractivity contribution in [1.82, 2.24) is 14.4 Å². The molecule has 7 nitrogen and oxygen atoms in total. The third-order valence-electron chi connectivity index (χ3n) is 2.87. The lowest BCUT2D eigenvalue weighted by atomic mass is 10.2. The number of rotatable bonds is 5. The molecule has 1 N–H and O–H groups in total. The molecule has 0 saturated heterocycles. The Morgan fingerprint density at radius 2 is 2.20 bits per heavy atom. The molecule has 0 radical (unpaired) electrons. The summed E-state index contributed by atoms with van der Waals surface area (Å²) in [5.41, 5.74) is 1.12. The molecule has 0 spiro atoms. The van der Waals surface area contributed by atoms with Gasteiger partial charge in [-0.3, -0.25) is 4.98 Å². The predicted molar refractivity (Wildman–Crippen MR) is 76.2 cm³/mol. The van der Waals surface area contributed by atoms with E-state index < -0.39 is 4.92 Å². The number of hydrogen-bond donors (Lipinski definition) is 1. The lowest BCUT2D eigenvalue weighted by Gasteiger charge is -2.03. The van der Waals surface area contributed by atoms with Crippen molar-refractivity contribution >= 4 is 27.9 Å². The molecular formula is C12H11N5O2S. The summed E-state index contributed by atoms with van der Waals surface area (Å²) >= 11 is 1.37. The molecule has 0 aromatic carbocycles. The number of nitrogens with one attached hydrogen (secondary N) is 1. The fourth-order valence-corrected chi connectivity index (χ4v) is 2.65. The first-order valence-corrected chi connectivity index (χ1v) is 6.86. The summed E-state index contributed by atoms with van der Waals surface area (Å²) in [6.07, 6.45) is 5.86. The summed E-state index contributed by atoms with van der Waals surface area (Å²) in [5, 5.41) is 15.9. The number of nitro groups is 1. The third-order valence-corrected chi connectivity index (χ3v) is 3.62. The van der Waals surface area contributed by atoms with Gasteiger partial charge in [0.15, 0.2) is 0 Å². The van der Waals surface area contributed by atoms with Gasteiger partial charge in [-0.1, -0.05) is 11.3 Å². The highest BCUT2D eigenvalue weighted by molar-refractivity contribution is 7.15. The first-order chi connectivity index (χ1) is 9.75. The fraction of sp³-hybridized carbons (Fsp3) is 0.167. The van der Waals surface area contributed by atoms with E-state index in [2.05, 4.69) is 15.3 Å². The maximum Gasteiger partial charge on any atom is 0.372 e. The second kappa shape index (κ2) is 5.25. The average molecular weight is 289 g/mol. The highest BCUT2D eigenvalue weighted by Gasteiger charge is 2.22. The minimum Gasteiger partial charge on any atom is -0.363 e. The van der Waals surface area contributed by atoms with Gasteiger partial charge in [0.05, 0.1) is 0 Å². The van der Waals surface area contributed by atoms with Crippen molar-refractivity contribution in [2.24, 2.45) is 0 Å². The van der Waals surface area contributed by atoms with Crippen molar-refractivity contribution in [3.05, 3.63) is 51.8 Å². The van der Waals surface area contributed by atoms with Crippen molar-refractivity contribution in [3.8, 4) is 0 Å². The Balaban J connectivity index is 1.75. The first-order valence-electron chi connectivity index (χ1n) is 5.98. The number of fused-ring (bicyclic) bond motifs is 1. The molecule has 3 aromatic heterocycles. The Bertz CT molecular complexity index is 737.